The van der Waals surface area contributed by atoms with Gasteiger partial charge in [0.2, 0.25) is 0 Å². The van der Waals surface area contributed by atoms with Gasteiger partial charge in [-0.25, -0.2) is 0 Å². The molecule has 17 heavy (non-hydrogen) atoms. The highest BCUT2D eigenvalue weighted by Crippen LogP contribution is 2.45. The fourth-order valence-electron chi connectivity index (χ4n) is 3.33. The molecule has 1 spiro atoms. The van der Waals surface area contributed by atoms with E-state index in [1.807, 2.05) is 12.1 Å². The van der Waals surface area contributed by atoms with Crippen molar-refractivity contribution >= 4 is 12.0 Å². The number of benzene rings is 1. The van der Waals surface area contributed by atoms with Gasteiger partial charge in [-0.05, 0) is 37.1 Å². The summed E-state index contributed by atoms with van der Waals surface area (Å²) in [4.78, 5) is 13.0. The van der Waals surface area contributed by atoms with E-state index in [1.165, 1.54) is 50.9 Å². The van der Waals surface area contributed by atoms with Crippen LogP contribution >= 0.6 is 0 Å². The topological polar surface area (TPSA) is 20.3 Å². The molecule has 90 valence electrons. The van der Waals surface area contributed by atoms with E-state index in [-0.39, 0.29) is 0 Å². The molecule has 1 aromatic rings. The number of rotatable bonds is 2. The zero-order chi connectivity index (χ0) is 11.7. The zero-order valence-corrected chi connectivity index (χ0v) is 10.2. The van der Waals surface area contributed by atoms with Crippen molar-refractivity contribution in [1.82, 2.24) is 0 Å². The van der Waals surface area contributed by atoms with Gasteiger partial charge < -0.3 is 4.90 Å². The summed E-state index contributed by atoms with van der Waals surface area (Å²) in [5.41, 5.74) is 2.66. The predicted molar refractivity (Wildman–Crippen MR) is 69.6 cm³/mol. The van der Waals surface area contributed by atoms with E-state index >= 15 is 0 Å². The second kappa shape index (κ2) is 4.17. The number of anilines is 1. The Morgan fingerprint density at radius 3 is 2.24 bits per heavy atom. The molecule has 0 atom stereocenters. The normalized spacial score (nSPS) is 22.2. The molecule has 0 unspecified atom stereocenters. The van der Waals surface area contributed by atoms with Gasteiger partial charge in [-0.1, -0.05) is 19.3 Å². The van der Waals surface area contributed by atoms with Crippen LogP contribution in [0.1, 0.15) is 42.5 Å². The Labute approximate surface area is 103 Å². The highest BCUT2D eigenvalue weighted by molar-refractivity contribution is 5.75. The van der Waals surface area contributed by atoms with Crippen LogP contribution < -0.4 is 4.90 Å². The standard InChI is InChI=1S/C15H19NO/c17-10-13-4-6-14(7-5-13)16-11-15(12-16)8-2-1-3-9-15/h4-7,10H,1-3,8-9,11-12H2. The number of carbonyl (C=O) groups excluding carboxylic acids is 1. The van der Waals surface area contributed by atoms with Gasteiger partial charge in [0, 0.05) is 29.8 Å². The molecule has 0 radical (unpaired) electrons. The van der Waals surface area contributed by atoms with Crippen LogP contribution in [0, 0.1) is 5.41 Å². The van der Waals surface area contributed by atoms with Crippen LogP contribution in [-0.4, -0.2) is 19.4 Å². The van der Waals surface area contributed by atoms with Crippen LogP contribution in [0.15, 0.2) is 24.3 Å². The predicted octanol–water partition coefficient (Wildman–Crippen LogP) is 3.27. The number of hydrogen-bond donors (Lipinski definition) is 0. The molecule has 0 N–H and O–H groups in total. The van der Waals surface area contributed by atoms with Crippen molar-refractivity contribution in [2.24, 2.45) is 5.41 Å². The van der Waals surface area contributed by atoms with E-state index < -0.39 is 0 Å². The number of carbonyl (C=O) groups is 1. The molecule has 1 saturated heterocycles. The van der Waals surface area contributed by atoms with Crippen LogP contribution in [0.2, 0.25) is 0 Å². The maximum absolute atomic E-state index is 10.6. The average Bonchev–Trinajstić information content (AvgIpc) is 2.37. The summed E-state index contributed by atoms with van der Waals surface area (Å²) in [6.07, 6.45) is 7.99. The first-order valence-electron chi connectivity index (χ1n) is 6.62. The molecular weight excluding hydrogens is 210 g/mol. The molecule has 2 nitrogen and oxygen atoms in total. The maximum atomic E-state index is 10.6. The third kappa shape index (κ3) is 1.97. The Balaban J connectivity index is 1.65. The number of hydrogen-bond acceptors (Lipinski definition) is 2. The van der Waals surface area contributed by atoms with Gasteiger partial charge in [-0.15, -0.1) is 0 Å². The highest BCUT2D eigenvalue weighted by atomic mass is 16.1. The molecule has 3 rings (SSSR count). The van der Waals surface area contributed by atoms with E-state index in [1.54, 1.807) is 0 Å². The van der Waals surface area contributed by atoms with Crippen molar-refractivity contribution in [2.45, 2.75) is 32.1 Å². The lowest BCUT2D eigenvalue weighted by Crippen LogP contribution is -2.57. The maximum Gasteiger partial charge on any atom is 0.150 e. The first-order chi connectivity index (χ1) is 8.31. The first-order valence-corrected chi connectivity index (χ1v) is 6.62. The molecule has 2 heteroatoms. The molecule has 1 aliphatic heterocycles. The van der Waals surface area contributed by atoms with E-state index in [9.17, 15) is 4.79 Å². The summed E-state index contributed by atoms with van der Waals surface area (Å²) in [5.74, 6) is 0. The van der Waals surface area contributed by atoms with Gasteiger partial charge in [0.15, 0.2) is 0 Å². The van der Waals surface area contributed by atoms with Gasteiger partial charge in [0.25, 0.3) is 0 Å². The van der Waals surface area contributed by atoms with Gasteiger partial charge in [0.05, 0.1) is 0 Å². The third-order valence-electron chi connectivity index (χ3n) is 4.36. The largest absolute Gasteiger partial charge is 0.370 e. The van der Waals surface area contributed by atoms with Gasteiger partial charge >= 0.3 is 0 Å². The minimum atomic E-state index is 0.627. The van der Waals surface area contributed by atoms with Crippen molar-refractivity contribution in [1.29, 1.82) is 0 Å². The van der Waals surface area contributed by atoms with Gasteiger partial charge in [-0.2, -0.15) is 0 Å². The second-order valence-electron chi connectivity index (χ2n) is 5.63. The van der Waals surface area contributed by atoms with E-state index in [0.717, 1.165) is 11.8 Å². The molecule has 1 aliphatic carbocycles. The molecular formula is C15H19NO. The highest BCUT2D eigenvalue weighted by Gasteiger charge is 2.43. The Bertz CT molecular complexity index is 395. The molecule has 2 aliphatic rings. The van der Waals surface area contributed by atoms with Crippen LogP contribution in [0.5, 0.6) is 0 Å². The SMILES string of the molecule is O=Cc1ccc(N2CC3(CCCCC3)C2)cc1. The van der Waals surface area contributed by atoms with Crippen LogP contribution in [-0.2, 0) is 0 Å². The summed E-state index contributed by atoms with van der Waals surface area (Å²) >= 11 is 0. The van der Waals surface area contributed by atoms with Crippen LogP contribution in [0.4, 0.5) is 5.69 Å². The van der Waals surface area contributed by atoms with Crippen LogP contribution in [0.3, 0.4) is 0 Å². The summed E-state index contributed by atoms with van der Waals surface area (Å²) in [6.45, 7) is 2.43. The van der Waals surface area contributed by atoms with Crippen molar-refractivity contribution in [3.63, 3.8) is 0 Å². The van der Waals surface area contributed by atoms with E-state index in [0.29, 0.717) is 5.41 Å². The molecule has 0 amide bonds. The quantitative estimate of drug-likeness (QED) is 0.725. The Morgan fingerprint density at radius 2 is 1.65 bits per heavy atom. The molecule has 1 saturated carbocycles. The fraction of sp³-hybridized carbons (Fsp3) is 0.533. The lowest BCUT2D eigenvalue weighted by Gasteiger charge is -2.53. The van der Waals surface area contributed by atoms with Gasteiger partial charge in [-0.3, -0.25) is 4.79 Å². The summed E-state index contributed by atoms with van der Waals surface area (Å²) in [5, 5.41) is 0. The Kier molecular flexibility index (Phi) is 2.65. The lowest BCUT2D eigenvalue weighted by atomic mass is 9.68. The molecule has 1 aromatic carbocycles. The summed E-state index contributed by atoms with van der Waals surface area (Å²) in [6, 6.07) is 7.96. The minimum absolute atomic E-state index is 0.627. The Morgan fingerprint density at radius 1 is 1.00 bits per heavy atom. The number of nitrogens with zero attached hydrogens (tertiary/aromatic N) is 1. The zero-order valence-electron chi connectivity index (χ0n) is 10.2. The third-order valence-corrected chi connectivity index (χ3v) is 4.36. The van der Waals surface area contributed by atoms with Crippen molar-refractivity contribution in [2.75, 3.05) is 18.0 Å². The molecule has 0 aromatic heterocycles. The average molecular weight is 229 g/mol. The second-order valence-corrected chi connectivity index (χ2v) is 5.63. The summed E-state index contributed by atoms with van der Waals surface area (Å²) in [7, 11) is 0. The van der Waals surface area contributed by atoms with E-state index in [2.05, 4.69) is 17.0 Å². The van der Waals surface area contributed by atoms with E-state index in [4.69, 9.17) is 0 Å². The monoisotopic (exact) mass is 229 g/mol. The molecule has 2 fully saturated rings. The van der Waals surface area contributed by atoms with Gasteiger partial charge in [0.1, 0.15) is 6.29 Å². The lowest BCUT2D eigenvalue weighted by molar-refractivity contribution is 0.112. The number of aldehydes is 1. The van der Waals surface area contributed by atoms with Crippen molar-refractivity contribution < 1.29 is 4.79 Å². The Hall–Kier alpha value is -1.31. The first kappa shape index (κ1) is 10.8. The smallest absolute Gasteiger partial charge is 0.150 e. The van der Waals surface area contributed by atoms with Crippen LogP contribution in [0.25, 0.3) is 0 Å². The fourth-order valence-corrected chi connectivity index (χ4v) is 3.33. The molecule has 0 bridgehead atoms. The minimum Gasteiger partial charge on any atom is -0.370 e. The van der Waals surface area contributed by atoms with Crippen molar-refractivity contribution in [3.8, 4) is 0 Å². The molecule has 1 heterocycles. The van der Waals surface area contributed by atoms with Crippen molar-refractivity contribution in [3.05, 3.63) is 29.8 Å². The summed E-state index contributed by atoms with van der Waals surface area (Å²) < 4.78 is 0.